The Labute approximate surface area is 187 Å². The number of aliphatic hydroxyl groups excluding tert-OH is 1. The molecule has 31 heavy (non-hydrogen) atoms. The molecule has 0 aliphatic carbocycles. The summed E-state index contributed by atoms with van der Waals surface area (Å²) in [6.07, 6.45) is 3.44. The molecule has 1 aliphatic heterocycles. The molecule has 2 amide bonds. The molecule has 1 aliphatic rings. The van der Waals surface area contributed by atoms with Crippen molar-refractivity contribution in [2.24, 2.45) is 5.92 Å². The summed E-state index contributed by atoms with van der Waals surface area (Å²) >= 11 is 6.10. The van der Waals surface area contributed by atoms with Gasteiger partial charge < -0.3 is 20.0 Å². The van der Waals surface area contributed by atoms with E-state index in [0.29, 0.717) is 22.8 Å². The first kappa shape index (κ1) is 23.0. The Morgan fingerprint density at radius 1 is 1.26 bits per heavy atom. The molecule has 0 radical (unpaired) electrons. The third-order valence-electron chi connectivity index (χ3n) is 5.68. The molecule has 0 fully saturated rings. The SMILES string of the molecule is C[C@@H](/C=C/CC(=O)N(CCO)Cc1ccccc1)[C@]1(O)C(=O)N(C)c2ccc(Cl)cc21. The van der Waals surface area contributed by atoms with Crippen LogP contribution in [0.15, 0.2) is 60.7 Å². The lowest BCUT2D eigenvalue weighted by Gasteiger charge is -2.27. The van der Waals surface area contributed by atoms with Crippen molar-refractivity contribution in [2.75, 3.05) is 25.1 Å². The summed E-state index contributed by atoms with van der Waals surface area (Å²) in [7, 11) is 1.61. The highest BCUT2D eigenvalue weighted by atomic mass is 35.5. The Morgan fingerprint density at radius 2 is 1.97 bits per heavy atom. The maximum Gasteiger partial charge on any atom is 0.264 e. The van der Waals surface area contributed by atoms with E-state index in [1.807, 2.05) is 30.3 Å². The third-order valence-corrected chi connectivity index (χ3v) is 5.91. The van der Waals surface area contributed by atoms with Crippen LogP contribution in [0.5, 0.6) is 0 Å². The monoisotopic (exact) mass is 442 g/mol. The summed E-state index contributed by atoms with van der Waals surface area (Å²) in [4.78, 5) is 28.5. The molecule has 0 aromatic heterocycles. The lowest BCUT2D eigenvalue weighted by Crippen LogP contribution is -2.43. The quantitative estimate of drug-likeness (QED) is 0.615. The molecule has 0 bridgehead atoms. The van der Waals surface area contributed by atoms with Gasteiger partial charge in [0.1, 0.15) is 0 Å². The maximum absolute atomic E-state index is 12.8. The molecule has 1 heterocycles. The summed E-state index contributed by atoms with van der Waals surface area (Å²) in [6, 6.07) is 14.6. The van der Waals surface area contributed by atoms with Gasteiger partial charge in [0.2, 0.25) is 5.91 Å². The second-order valence-electron chi connectivity index (χ2n) is 7.74. The number of hydrogen-bond acceptors (Lipinski definition) is 4. The number of carbonyl (C=O) groups excluding carboxylic acids is 2. The van der Waals surface area contributed by atoms with Gasteiger partial charge in [-0.05, 0) is 23.8 Å². The minimum absolute atomic E-state index is 0.0969. The van der Waals surface area contributed by atoms with Gasteiger partial charge in [-0.3, -0.25) is 9.59 Å². The second-order valence-corrected chi connectivity index (χ2v) is 8.17. The van der Waals surface area contributed by atoms with Crippen molar-refractivity contribution in [3.63, 3.8) is 0 Å². The topological polar surface area (TPSA) is 81.1 Å². The van der Waals surface area contributed by atoms with Crippen LogP contribution in [0.4, 0.5) is 5.69 Å². The molecule has 2 atom stereocenters. The smallest absolute Gasteiger partial charge is 0.264 e. The predicted octanol–water partition coefficient (Wildman–Crippen LogP) is 3.11. The van der Waals surface area contributed by atoms with Crippen molar-refractivity contribution in [3.8, 4) is 0 Å². The van der Waals surface area contributed by atoms with Gasteiger partial charge in [0, 0.05) is 43.1 Å². The third kappa shape index (κ3) is 4.66. The molecule has 0 saturated heterocycles. The summed E-state index contributed by atoms with van der Waals surface area (Å²) in [6.45, 7) is 2.24. The number of amides is 2. The van der Waals surface area contributed by atoms with E-state index in [1.165, 1.54) is 4.90 Å². The van der Waals surface area contributed by atoms with Crippen LogP contribution in [0.3, 0.4) is 0 Å². The van der Waals surface area contributed by atoms with E-state index in [4.69, 9.17) is 11.6 Å². The van der Waals surface area contributed by atoms with Crippen molar-refractivity contribution in [3.05, 3.63) is 76.8 Å². The summed E-state index contributed by atoms with van der Waals surface area (Å²) < 4.78 is 0. The van der Waals surface area contributed by atoms with Gasteiger partial charge in [-0.1, -0.05) is 61.0 Å². The van der Waals surface area contributed by atoms with Gasteiger partial charge >= 0.3 is 0 Å². The lowest BCUT2D eigenvalue weighted by atomic mass is 9.83. The number of anilines is 1. The first-order valence-corrected chi connectivity index (χ1v) is 10.6. The van der Waals surface area contributed by atoms with E-state index >= 15 is 0 Å². The van der Waals surface area contributed by atoms with Crippen molar-refractivity contribution in [2.45, 2.75) is 25.5 Å². The zero-order valence-electron chi connectivity index (χ0n) is 17.7. The fraction of sp³-hybridized carbons (Fsp3) is 0.333. The summed E-state index contributed by atoms with van der Waals surface area (Å²) in [5.74, 6) is -1.15. The van der Waals surface area contributed by atoms with E-state index in [0.717, 1.165) is 5.56 Å². The number of rotatable bonds is 8. The number of carbonyl (C=O) groups is 2. The Kier molecular flexibility index (Phi) is 7.15. The summed E-state index contributed by atoms with van der Waals surface area (Å²) in [5, 5.41) is 21.1. The van der Waals surface area contributed by atoms with Crippen molar-refractivity contribution >= 4 is 29.1 Å². The van der Waals surface area contributed by atoms with E-state index in [9.17, 15) is 19.8 Å². The van der Waals surface area contributed by atoms with Gasteiger partial charge in [-0.2, -0.15) is 0 Å². The standard InChI is InChI=1S/C24H27ClN2O4/c1-17(24(31)20-15-19(25)11-12-21(20)26(2)23(24)30)7-6-10-22(29)27(13-14-28)16-18-8-4-3-5-9-18/h3-9,11-12,15,17,28,31H,10,13-14,16H2,1-2H3/b7-6+/t17-,24+/m0/s1. The van der Waals surface area contributed by atoms with Gasteiger partial charge in [0.05, 0.1) is 12.3 Å². The van der Waals surface area contributed by atoms with Crippen LogP contribution in [0.2, 0.25) is 5.02 Å². The minimum Gasteiger partial charge on any atom is -0.395 e. The number of benzene rings is 2. The Balaban J connectivity index is 1.72. The zero-order valence-corrected chi connectivity index (χ0v) is 18.4. The lowest BCUT2D eigenvalue weighted by molar-refractivity contribution is -0.139. The molecular weight excluding hydrogens is 416 g/mol. The Hall–Kier alpha value is -2.67. The number of halogens is 1. The molecule has 7 heteroatoms. The van der Waals surface area contributed by atoms with Gasteiger partial charge in [0.15, 0.2) is 5.60 Å². The van der Waals surface area contributed by atoms with Crippen molar-refractivity contribution in [1.29, 1.82) is 0 Å². The first-order valence-electron chi connectivity index (χ1n) is 10.2. The van der Waals surface area contributed by atoms with Gasteiger partial charge in [-0.25, -0.2) is 0 Å². The maximum atomic E-state index is 12.8. The summed E-state index contributed by atoms with van der Waals surface area (Å²) in [5.41, 5.74) is 0.305. The van der Waals surface area contributed by atoms with Gasteiger partial charge in [-0.15, -0.1) is 0 Å². The van der Waals surface area contributed by atoms with Crippen molar-refractivity contribution < 1.29 is 19.8 Å². The molecule has 0 saturated carbocycles. The average Bonchev–Trinajstić information content (AvgIpc) is 2.95. The van der Waals surface area contributed by atoms with Crippen LogP contribution < -0.4 is 4.90 Å². The van der Waals surface area contributed by atoms with E-state index < -0.39 is 17.4 Å². The Bertz CT molecular complexity index is 979. The van der Waals surface area contributed by atoms with Crippen LogP contribution in [-0.2, 0) is 21.7 Å². The van der Waals surface area contributed by atoms with Crippen LogP contribution in [0.1, 0.15) is 24.5 Å². The van der Waals surface area contributed by atoms with Crippen LogP contribution in [0, 0.1) is 5.92 Å². The molecule has 2 N–H and O–H groups in total. The highest BCUT2D eigenvalue weighted by Gasteiger charge is 2.51. The molecule has 2 aromatic rings. The minimum atomic E-state index is -1.75. The average molecular weight is 443 g/mol. The van der Waals surface area contributed by atoms with E-state index in [1.54, 1.807) is 49.2 Å². The molecule has 0 unspecified atom stereocenters. The predicted molar refractivity (Wildman–Crippen MR) is 121 cm³/mol. The van der Waals surface area contributed by atoms with Crippen molar-refractivity contribution in [1.82, 2.24) is 4.90 Å². The number of aliphatic hydroxyl groups is 2. The molecule has 6 nitrogen and oxygen atoms in total. The van der Waals surface area contributed by atoms with E-state index in [-0.39, 0.29) is 25.5 Å². The Morgan fingerprint density at radius 3 is 2.65 bits per heavy atom. The highest BCUT2D eigenvalue weighted by molar-refractivity contribution is 6.31. The molecule has 3 rings (SSSR count). The first-order chi connectivity index (χ1) is 14.8. The number of nitrogens with zero attached hydrogens (tertiary/aromatic N) is 2. The molecule has 2 aromatic carbocycles. The van der Waals surface area contributed by atoms with Gasteiger partial charge in [0.25, 0.3) is 5.91 Å². The van der Waals surface area contributed by atoms with E-state index in [2.05, 4.69) is 0 Å². The fourth-order valence-corrected chi connectivity index (χ4v) is 4.06. The zero-order chi connectivity index (χ0) is 22.6. The molecule has 164 valence electrons. The largest absolute Gasteiger partial charge is 0.395 e. The normalized spacial score (nSPS) is 19.0. The second kappa shape index (κ2) is 9.64. The van der Waals surface area contributed by atoms with Crippen LogP contribution in [0.25, 0.3) is 0 Å². The van der Waals surface area contributed by atoms with Crippen LogP contribution in [-0.4, -0.2) is 47.1 Å². The molecule has 0 spiro atoms. The number of fused-ring (bicyclic) bond motifs is 1. The number of hydrogen-bond donors (Lipinski definition) is 2. The fourth-order valence-electron chi connectivity index (χ4n) is 3.88. The molecular formula is C24H27ClN2O4. The van der Waals surface area contributed by atoms with Crippen LogP contribution >= 0.6 is 11.6 Å². The highest BCUT2D eigenvalue weighted by Crippen LogP contribution is 2.45. The number of likely N-dealkylation sites (N-methyl/N-ethyl adjacent to an activating group) is 1.